The van der Waals surface area contributed by atoms with Crippen LogP contribution >= 0.6 is 15.9 Å². The highest BCUT2D eigenvalue weighted by atomic mass is 79.9. The van der Waals surface area contributed by atoms with E-state index < -0.39 is 23.6 Å². The summed E-state index contributed by atoms with van der Waals surface area (Å²) in [7, 11) is 0. The van der Waals surface area contributed by atoms with E-state index in [1.54, 1.807) is 0 Å². The lowest BCUT2D eigenvalue weighted by Gasteiger charge is -2.32. The van der Waals surface area contributed by atoms with Crippen LogP contribution in [0.1, 0.15) is 19.4 Å². The minimum absolute atomic E-state index is 0.285. The van der Waals surface area contributed by atoms with Gasteiger partial charge in [-0.25, -0.2) is 0 Å². The number of cyclic esters (lactones) is 2. The van der Waals surface area contributed by atoms with Gasteiger partial charge in [0.2, 0.25) is 0 Å². The summed E-state index contributed by atoms with van der Waals surface area (Å²) < 4.78 is 11.0. The third-order valence-corrected chi connectivity index (χ3v) is 3.08. The summed E-state index contributed by atoms with van der Waals surface area (Å²) in [6.07, 6.45) is 0.285. The monoisotopic (exact) mass is 312 g/mol. The van der Waals surface area contributed by atoms with Gasteiger partial charge in [0, 0.05) is 18.3 Å². The molecule has 0 aliphatic carbocycles. The van der Waals surface area contributed by atoms with Crippen LogP contribution in [0.3, 0.4) is 0 Å². The molecule has 0 radical (unpaired) electrons. The molecule has 0 atom stereocenters. The van der Waals surface area contributed by atoms with Crippen LogP contribution in [-0.4, -0.2) is 17.7 Å². The number of halogens is 1. The second-order valence-electron chi connectivity index (χ2n) is 4.63. The minimum atomic E-state index is -1.16. The number of esters is 2. The van der Waals surface area contributed by atoms with Gasteiger partial charge < -0.3 is 9.47 Å². The van der Waals surface area contributed by atoms with E-state index >= 15 is 0 Å². The molecule has 0 bridgehead atoms. The van der Waals surface area contributed by atoms with Gasteiger partial charge in [-0.2, -0.15) is 0 Å². The third-order valence-electron chi connectivity index (χ3n) is 2.59. The van der Waals surface area contributed by atoms with Gasteiger partial charge in [0.1, 0.15) is 0 Å². The van der Waals surface area contributed by atoms with E-state index in [4.69, 9.17) is 9.47 Å². The Labute approximate surface area is 113 Å². The molecule has 1 aromatic rings. The zero-order chi connectivity index (χ0) is 13.3. The smallest absolute Gasteiger partial charge is 0.323 e. The van der Waals surface area contributed by atoms with Crippen LogP contribution in [0.25, 0.3) is 0 Å². The van der Waals surface area contributed by atoms with Gasteiger partial charge in [0.25, 0.3) is 5.79 Å². The van der Waals surface area contributed by atoms with Gasteiger partial charge in [-0.15, -0.1) is 0 Å². The fourth-order valence-corrected chi connectivity index (χ4v) is 2.26. The quantitative estimate of drug-likeness (QED) is 0.622. The maximum atomic E-state index is 11.8. The maximum Gasteiger partial charge on any atom is 0.323 e. The number of hydrogen-bond donors (Lipinski definition) is 0. The van der Waals surface area contributed by atoms with Crippen molar-refractivity contribution in [2.75, 3.05) is 0 Å². The van der Waals surface area contributed by atoms with E-state index in [0.29, 0.717) is 0 Å². The Balaban J connectivity index is 2.15. The number of benzene rings is 1. The van der Waals surface area contributed by atoms with Crippen molar-refractivity contribution in [2.24, 2.45) is 5.92 Å². The molecule has 1 saturated heterocycles. The molecule has 1 aromatic carbocycles. The molecule has 1 aliphatic rings. The van der Waals surface area contributed by atoms with E-state index in [9.17, 15) is 9.59 Å². The van der Waals surface area contributed by atoms with Crippen molar-refractivity contribution in [3.05, 3.63) is 34.3 Å². The SMILES string of the molecule is CC1(C)OC(=O)C(Cc2cccc(Br)c2)C(=O)O1. The van der Waals surface area contributed by atoms with Gasteiger partial charge in [-0.05, 0) is 24.1 Å². The van der Waals surface area contributed by atoms with Crippen molar-refractivity contribution < 1.29 is 19.1 Å². The molecule has 4 nitrogen and oxygen atoms in total. The summed E-state index contributed by atoms with van der Waals surface area (Å²) >= 11 is 3.34. The van der Waals surface area contributed by atoms with Crippen LogP contribution in [0.5, 0.6) is 0 Å². The van der Waals surface area contributed by atoms with Crippen LogP contribution in [0, 0.1) is 5.92 Å². The Morgan fingerprint density at radius 1 is 1.22 bits per heavy atom. The standard InChI is InChI=1S/C13H13BrO4/c1-13(2)17-11(15)10(12(16)18-13)7-8-4-3-5-9(14)6-8/h3-6,10H,7H2,1-2H3. The lowest BCUT2D eigenvalue weighted by molar-refractivity contribution is -0.239. The number of ether oxygens (including phenoxy) is 2. The van der Waals surface area contributed by atoms with E-state index in [-0.39, 0.29) is 6.42 Å². The van der Waals surface area contributed by atoms with Crippen LogP contribution in [-0.2, 0) is 25.5 Å². The van der Waals surface area contributed by atoms with Crippen LogP contribution in [0.2, 0.25) is 0 Å². The second kappa shape index (κ2) is 4.72. The average Bonchev–Trinajstić information content (AvgIpc) is 2.22. The molecule has 0 saturated carbocycles. The summed E-state index contributed by atoms with van der Waals surface area (Å²) in [5.74, 6) is -3.11. The van der Waals surface area contributed by atoms with Gasteiger partial charge in [-0.1, -0.05) is 28.1 Å². The van der Waals surface area contributed by atoms with Crippen LogP contribution in [0.15, 0.2) is 28.7 Å². The van der Waals surface area contributed by atoms with E-state index in [1.165, 1.54) is 13.8 Å². The van der Waals surface area contributed by atoms with Crippen molar-refractivity contribution >= 4 is 27.9 Å². The first-order valence-electron chi connectivity index (χ1n) is 5.57. The molecule has 0 spiro atoms. The second-order valence-corrected chi connectivity index (χ2v) is 5.54. The van der Waals surface area contributed by atoms with Gasteiger partial charge in [0.05, 0.1) is 0 Å². The number of carbonyl (C=O) groups excluding carboxylic acids is 2. The Hall–Kier alpha value is -1.36. The number of carbonyl (C=O) groups is 2. The average molecular weight is 313 g/mol. The summed E-state index contributed by atoms with van der Waals surface area (Å²) in [5.41, 5.74) is 0.878. The van der Waals surface area contributed by atoms with E-state index in [1.807, 2.05) is 24.3 Å². The van der Waals surface area contributed by atoms with Crippen molar-refractivity contribution in [1.29, 1.82) is 0 Å². The number of rotatable bonds is 2. The topological polar surface area (TPSA) is 52.6 Å². The highest BCUT2D eigenvalue weighted by Crippen LogP contribution is 2.26. The zero-order valence-electron chi connectivity index (χ0n) is 10.1. The molecule has 1 aliphatic heterocycles. The summed E-state index contributed by atoms with van der Waals surface area (Å²) in [5, 5.41) is 0. The van der Waals surface area contributed by atoms with Crippen molar-refractivity contribution in [3.8, 4) is 0 Å². The van der Waals surface area contributed by atoms with Crippen LogP contribution < -0.4 is 0 Å². The summed E-state index contributed by atoms with van der Waals surface area (Å²) in [6.45, 7) is 3.08. The molecule has 0 unspecified atom stereocenters. The zero-order valence-corrected chi connectivity index (χ0v) is 11.7. The molecule has 0 amide bonds. The van der Waals surface area contributed by atoms with Crippen molar-refractivity contribution in [2.45, 2.75) is 26.1 Å². The lowest BCUT2D eigenvalue weighted by Crippen LogP contribution is -2.46. The first kappa shape index (κ1) is 13.1. The van der Waals surface area contributed by atoms with Crippen molar-refractivity contribution in [1.82, 2.24) is 0 Å². The Kier molecular flexibility index (Phi) is 3.43. The van der Waals surface area contributed by atoms with E-state index in [0.717, 1.165) is 10.0 Å². The molecule has 0 N–H and O–H groups in total. The van der Waals surface area contributed by atoms with Gasteiger partial charge in [-0.3, -0.25) is 9.59 Å². The summed E-state index contributed by atoms with van der Waals surface area (Å²) in [4.78, 5) is 23.5. The van der Waals surface area contributed by atoms with Crippen LogP contribution in [0.4, 0.5) is 0 Å². The van der Waals surface area contributed by atoms with Crippen molar-refractivity contribution in [3.63, 3.8) is 0 Å². The molecule has 0 aromatic heterocycles. The van der Waals surface area contributed by atoms with Gasteiger partial charge >= 0.3 is 11.9 Å². The van der Waals surface area contributed by atoms with E-state index in [2.05, 4.69) is 15.9 Å². The molecule has 96 valence electrons. The summed E-state index contributed by atoms with van der Waals surface area (Å²) in [6, 6.07) is 7.44. The molecule has 18 heavy (non-hydrogen) atoms. The minimum Gasteiger partial charge on any atom is -0.422 e. The predicted molar refractivity (Wildman–Crippen MR) is 67.6 cm³/mol. The Morgan fingerprint density at radius 2 is 1.83 bits per heavy atom. The fourth-order valence-electron chi connectivity index (χ4n) is 1.81. The molecular formula is C13H13BrO4. The molecule has 1 heterocycles. The highest BCUT2D eigenvalue weighted by molar-refractivity contribution is 9.10. The van der Waals surface area contributed by atoms with Gasteiger partial charge in [0.15, 0.2) is 5.92 Å². The Bertz CT molecular complexity index is 476. The molecule has 1 fully saturated rings. The Morgan fingerprint density at radius 3 is 2.39 bits per heavy atom. The first-order valence-corrected chi connectivity index (χ1v) is 6.37. The molecule has 2 rings (SSSR count). The maximum absolute atomic E-state index is 11.8. The lowest BCUT2D eigenvalue weighted by atomic mass is 9.98. The fraction of sp³-hybridized carbons (Fsp3) is 0.385. The first-order chi connectivity index (χ1) is 8.37. The normalized spacial score (nSPS) is 19.3. The highest BCUT2D eigenvalue weighted by Gasteiger charge is 2.42. The number of hydrogen-bond acceptors (Lipinski definition) is 4. The molecular weight excluding hydrogens is 300 g/mol. The molecule has 5 heteroatoms. The predicted octanol–water partition coefficient (Wildman–Crippen LogP) is 2.44. The third kappa shape index (κ3) is 2.90. The largest absolute Gasteiger partial charge is 0.422 e.